The van der Waals surface area contributed by atoms with Gasteiger partial charge in [-0.05, 0) is 48.9 Å². The van der Waals surface area contributed by atoms with Crippen molar-refractivity contribution in [1.29, 1.82) is 0 Å². The summed E-state index contributed by atoms with van der Waals surface area (Å²) in [4.78, 5) is 36.8. The molecular weight excluding hydrogens is 459 g/mol. The van der Waals surface area contributed by atoms with E-state index in [0.717, 1.165) is 16.8 Å². The molecule has 1 atom stereocenters. The normalized spacial score (nSPS) is 12.5. The number of rotatable bonds is 10. The molecule has 0 aliphatic rings. The lowest BCUT2D eigenvalue weighted by Gasteiger charge is -2.13. The zero-order valence-corrected chi connectivity index (χ0v) is 17.7. The maximum atomic E-state index is 13.0. The molecule has 0 amide bonds. The summed E-state index contributed by atoms with van der Waals surface area (Å²) < 4.78 is 44.9. The van der Waals surface area contributed by atoms with Crippen LogP contribution in [-0.2, 0) is 17.5 Å². The summed E-state index contributed by atoms with van der Waals surface area (Å²) in [6.45, 7) is -0.339. The van der Waals surface area contributed by atoms with Crippen molar-refractivity contribution < 1.29 is 37.7 Å². The number of Topliss-reactive ketones (excluding diaryl/α,β-unsaturated/α-hetero) is 1. The summed E-state index contributed by atoms with van der Waals surface area (Å²) in [6, 6.07) is 8.45. The van der Waals surface area contributed by atoms with Crippen LogP contribution in [-0.4, -0.2) is 50.2 Å². The molecule has 0 aliphatic heterocycles. The van der Waals surface area contributed by atoms with Crippen LogP contribution in [0.25, 0.3) is 10.9 Å². The fourth-order valence-electron chi connectivity index (χ4n) is 3.23. The van der Waals surface area contributed by atoms with Crippen LogP contribution in [0.15, 0.2) is 47.3 Å². The van der Waals surface area contributed by atoms with Gasteiger partial charge in [-0.25, -0.2) is 4.68 Å². The Morgan fingerprint density at radius 3 is 2.44 bits per heavy atom. The van der Waals surface area contributed by atoms with E-state index in [9.17, 15) is 32.7 Å². The molecule has 2 N–H and O–H groups in total. The third kappa shape index (κ3) is 5.95. The number of alkyl halides is 3. The predicted octanol–water partition coefficient (Wildman–Crippen LogP) is 2.55. The predicted molar refractivity (Wildman–Crippen MR) is 113 cm³/mol. The highest BCUT2D eigenvalue weighted by Crippen LogP contribution is 2.30. The molecule has 0 saturated carbocycles. The largest absolute Gasteiger partial charge is 0.491 e. The van der Waals surface area contributed by atoms with Gasteiger partial charge in [0.05, 0.1) is 23.5 Å². The highest BCUT2D eigenvalue weighted by atomic mass is 19.4. The first-order valence-corrected chi connectivity index (χ1v) is 10.1. The Labute approximate surface area is 190 Å². The van der Waals surface area contributed by atoms with Gasteiger partial charge < -0.3 is 14.9 Å². The van der Waals surface area contributed by atoms with Crippen LogP contribution in [0, 0.1) is 5.92 Å². The van der Waals surface area contributed by atoms with Gasteiger partial charge in [0.2, 0.25) is 0 Å². The van der Waals surface area contributed by atoms with Crippen molar-refractivity contribution in [2.24, 2.45) is 5.92 Å². The molecule has 0 radical (unpaired) electrons. The highest BCUT2D eigenvalue weighted by molar-refractivity contribution is 5.98. The number of aryl methyl sites for hydroxylation is 1. The molecule has 3 aromatic rings. The lowest BCUT2D eigenvalue weighted by molar-refractivity contribution is -0.142. The second-order valence-corrected chi connectivity index (χ2v) is 7.40. The summed E-state index contributed by atoms with van der Waals surface area (Å²) in [6.07, 6.45) is -5.18. The second-order valence-electron chi connectivity index (χ2n) is 7.40. The molecule has 0 spiro atoms. The molecule has 1 unspecified atom stereocenters. The summed E-state index contributed by atoms with van der Waals surface area (Å²) in [5, 5.41) is 25.4. The van der Waals surface area contributed by atoms with Gasteiger partial charge in [0.15, 0.2) is 5.78 Å². The van der Waals surface area contributed by atoms with E-state index in [4.69, 9.17) is 9.84 Å². The molecule has 0 aliphatic carbocycles. The number of halogens is 3. The maximum Gasteiger partial charge on any atom is 0.416 e. The lowest BCUT2D eigenvalue weighted by atomic mass is 9.95. The minimum atomic E-state index is -4.65. The van der Waals surface area contributed by atoms with Crippen molar-refractivity contribution in [3.05, 3.63) is 63.9 Å². The minimum absolute atomic E-state index is 0.0226. The zero-order chi connectivity index (χ0) is 24.9. The number of nitrogens with zero attached hydrogens (tertiary/aromatic N) is 3. The van der Waals surface area contributed by atoms with E-state index in [1.807, 2.05) is 0 Å². The van der Waals surface area contributed by atoms with Gasteiger partial charge in [-0.15, -0.1) is 5.10 Å². The van der Waals surface area contributed by atoms with E-state index in [2.05, 4.69) is 10.3 Å². The van der Waals surface area contributed by atoms with E-state index in [1.54, 1.807) is 0 Å². The smallest absolute Gasteiger partial charge is 0.416 e. The average Bonchev–Trinajstić information content (AvgIpc) is 2.80. The van der Waals surface area contributed by atoms with Gasteiger partial charge in [-0.3, -0.25) is 14.4 Å². The van der Waals surface area contributed by atoms with Crippen LogP contribution in [0.3, 0.4) is 0 Å². The van der Waals surface area contributed by atoms with Crippen molar-refractivity contribution in [3.63, 3.8) is 0 Å². The SMILES string of the molecule is O=C(CC(CCn1nnc2ccc(C(F)(F)F)cc2c1=O)C(=O)O)c1ccc(OCCO)cc1. The molecule has 0 saturated heterocycles. The maximum absolute atomic E-state index is 13.0. The van der Waals surface area contributed by atoms with Crippen molar-refractivity contribution >= 4 is 22.7 Å². The number of hydrogen-bond donors (Lipinski definition) is 2. The van der Waals surface area contributed by atoms with Crippen LogP contribution >= 0.6 is 0 Å². The number of hydrogen-bond acceptors (Lipinski definition) is 7. The van der Waals surface area contributed by atoms with Crippen molar-refractivity contribution in [3.8, 4) is 5.75 Å². The molecule has 1 aromatic heterocycles. The topological polar surface area (TPSA) is 132 Å². The van der Waals surface area contributed by atoms with Crippen LogP contribution in [0.2, 0.25) is 0 Å². The molecule has 34 heavy (non-hydrogen) atoms. The Kier molecular flexibility index (Phi) is 7.61. The molecule has 2 aromatic carbocycles. The number of aliphatic hydroxyl groups is 1. The first-order chi connectivity index (χ1) is 16.1. The number of ether oxygens (including phenoxy) is 1. The van der Waals surface area contributed by atoms with Crippen molar-refractivity contribution in [2.45, 2.75) is 25.6 Å². The van der Waals surface area contributed by atoms with Gasteiger partial charge in [-0.1, -0.05) is 5.21 Å². The van der Waals surface area contributed by atoms with Crippen molar-refractivity contribution in [2.75, 3.05) is 13.2 Å². The quantitative estimate of drug-likeness (QED) is 0.424. The second kappa shape index (κ2) is 10.4. The van der Waals surface area contributed by atoms with Crippen LogP contribution in [0.5, 0.6) is 5.75 Å². The van der Waals surface area contributed by atoms with E-state index < -0.39 is 35.0 Å². The number of aromatic nitrogens is 3. The summed E-state index contributed by atoms with van der Waals surface area (Å²) in [7, 11) is 0. The Hall–Kier alpha value is -3.80. The average molecular weight is 479 g/mol. The molecule has 0 fully saturated rings. The standard InChI is InChI=1S/C22H20F3N3O6/c23-22(24,25)15-3-6-18-17(12-15)20(31)28(27-26-18)8-7-14(21(32)33)11-19(30)13-1-4-16(5-2-13)34-10-9-29/h1-6,12,14,29H,7-11H2,(H,32,33). The van der Waals surface area contributed by atoms with Gasteiger partial charge in [0, 0.05) is 18.5 Å². The fourth-order valence-corrected chi connectivity index (χ4v) is 3.23. The molecule has 9 nitrogen and oxygen atoms in total. The lowest BCUT2D eigenvalue weighted by Crippen LogP contribution is -2.27. The zero-order valence-electron chi connectivity index (χ0n) is 17.7. The van der Waals surface area contributed by atoms with E-state index >= 15 is 0 Å². The van der Waals surface area contributed by atoms with E-state index in [-0.39, 0.29) is 49.1 Å². The molecule has 1 heterocycles. The van der Waals surface area contributed by atoms with Crippen molar-refractivity contribution in [1.82, 2.24) is 15.0 Å². The van der Waals surface area contributed by atoms with Crippen LogP contribution < -0.4 is 10.3 Å². The third-order valence-electron chi connectivity index (χ3n) is 5.06. The molecule has 0 bridgehead atoms. The van der Waals surface area contributed by atoms with E-state index in [0.29, 0.717) is 11.8 Å². The number of carboxylic acids is 1. The number of carboxylic acid groups (broad SMARTS) is 1. The Balaban J connectivity index is 1.72. The number of aliphatic carboxylic acids is 1. The fraction of sp³-hybridized carbons (Fsp3) is 0.318. The van der Waals surface area contributed by atoms with E-state index in [1.165, 1.54) is 24.3 Å². The van der Waals surface area contributed by atoms with Gasteiger partial charge in [0.1, 0.15) is 17.9 Å². The number of carbonyl (C=O) groups excluding carboxylic acids is 1. The van der Waals surface area contributed by atoms with Gasteiger partial charge in [-0.2, -0.15) is 13.2 Å². The Morgan fingerprint density at radius 2 is 1.82 bits per heavy atom. The number of aliphatic hydroxyl groups excluding tert-OH is 1. The Morgan fingerprint density at radius 1 is 1.12 bits per heavy atom. The molecule has 3 rings (SSSR count). The Bertz CT molecular complexity index is 1240. The van der Waals surface area contributed by atoms with Crippen LogP contribution in [0.4, 0.5) is 13.2 Å². The number of benzene rings is 2. The minimum Gasteiger partial charge on any atom is -0.491 e. The molecule has 12 heteroatoms. The molecular formula is C22H20F3N3O6. The van der Waals surface area contributed by atoms with Gasteiger partial charge in [0.25, 0.3) is 5.56 Å². The monoisotopic (exact) mass is 479 g/mol. The molecule has 180 valence electrons. The number of ketones is 1. The summed E-state index contributed by atoms with van der Waals surface area (Å²) >= 11 is 0. The van der Waals surface area contributed by atoms with Crippen LogP contribution in [0.1, 0.15) is 28.8 Å². The third-order valence-corrected chi connectivity index (χ3v) is 5.06. The first-order valence-electron chi connectivity index (χ1n) is 10.1. The number of fused-ring (bicyclic) bond motifs is 1. The summed E-state index contributed by atoms with van der Waals surface area (Å²) in [5.74, 6) is -2.45. The first kappa shape index (κ1) is 24.8. The highest BCUT2D eigenvalue weighted by Gasteiger charge is 2.31. The van der Waals surface area contributed by atoms with Gasteiger partial charge >= 0.3 is 12.1 Å². The summed E-state index contributed by atoms with van der Waals surface area (Å²) in [5.41, 5.74) is -1.63. The number of carbonyl (C=O) groups is 2.